The van der Waals surface area contributed by atoms with Crippen LogP contribution in [0.5, 0.6) is 0 Å². The van der Waals surface area contributed by atoms with Crippen molar-refractivity contribution in [3.8, 4) is 11.4 Å². The van der Waals surface area contributed by atoms with Gasteiger partial charge in [-0.1, -0.05) is 6.07 Å². The van der Waals surface area contributed by atoms with Crippen LogP contribution >= 0.6 is 0 Å². The Bertz CT molecular complexity index is 1350. The van der Waals surface area contributed by atoms with Crippen molar-refractivity contribution in [3.63, 3.8) is 0 Å². The number of H-pyrrole nitrogens is 1. The van der Waals surface area contributed by atoms with Crippen LogP contribution in [0.25, 0.3) is 33.3 Å². The van der Waals surface area contributed by atoms with Gasteiger partial charge in [0.2, 0.25) is 0 Å². The van der Waals surface area contributed by atoms with Crippen molar-refractivity contribution in [2.24, 2.45) is 0 Å². The zero-order valence-corrected chi connectivity index (χ0v) is 18.8. The number of fused-ring (bicyclic) bond motifs is 2. The molecule has 0 aliphatic rings. The number of rotatable bonds is 5. The van der Waals surface area contributed by atoms with Gasteiger partial charge in [0.05, 0.1) is 30.3 Å². The summed E-state index contributed by atoms with van der Waals surface area (Å²) < 4.78 is 11.7. The molecule has 0 bridgehead atoms. The lowest BCUT2D eigenvalue weighted by Gasteiger charge is -2.19. The summed E-state index contributed by atoms with van der Waals surface area (Å²) in [6.07, 6.45) is 0.861. The molecule has 33 heavy (non-hydrogen) atoms. The molecule has 0 spiro atoms. The van der Waals surface area contributed by atoms with E-state index in [4.69, 9.17) is 15.2 Å². The lowest BCUT2D eigenvalue weighted by atomic mass is 10.1. The average Bonchev–Trinajstić information content (AvgIpc) is 3.33. The minimum atomic E-state index is -0.583. The third-order valence-corrected chi connectivity index (χ3v) is 4.85. The van der Waals surface area contributed by atoms with Crippen molar-refractivity contribution in [1.82, 2.24) is 30.0 Å². The van der Waals surface area contributed by atoms with Gasteiger partial charge >= 0.3 is 12.1 Å². The molecule has 172 valence electrons. The fourth-order valence-electron chi connectivity index (χ4n) is 3.45. The van der Waals surface area contributed by atoms with Gasteiger partial charge in [0, 0.05) is 17.4 Å². The number of nitrogens with two attached hydrogens (primary N) is 1. The second-order valence-corrected chi connectivity index (χ2v) is 8.43. The Kier molecular flexibility index (Phi) is 5.62. The highest BCUT2D eigenvalue weighted by Gasteiger charge is 2.20. The molecule has 0 aliphatic heterocycles. The lowest BCUT2D eigenvalue weighted by Crippen LogP contribution is -2.34. The van der Waals surface area contributed by atoms with Crippen molar-refractivity contribution >= 4 is 39.8 Å². The molecule has 11 heteroatoms. The summed E-state index contributed by atoms with van der Waals surface area (Å²) in [5.74, 6) is -0.131. The van der Waals surface area contributed by atoms with Crippen LogP contribution < -0.4 is 11.1 Å². The highest BCUT2D eigenvalue weighted by atomic mass is 16.6. The number of carbonyl (C=O) groups excluding carboxylic acids is 2. The molecule has 0 saturated carbocycles. The summed E-state index contributed by atoms with van der Waals surface area (Å²) in [5, 5.41) is 8.87. The van der Waals surface area contributed by atoms with E-state index in [0.29, 0.717) is 34.5 Å². The van der Waals surface area contributed by atoms with E-state index in [1.54, 1.807) is 37.6 Å². The maximum atomic E-state index is 11.9. The third kappa shape index (κ3) is 4.56. The summed E-state index contributed by atoms with van der Waals surface area (Å²) in [6.45, 7) is 6.03. The lowest BCUT2D eigenvalue weighted by molar-refractivity contribution is 0.0524. The number of nitrogens with one attached hydrogen (secondary N) is 2. The number of esters is 1. The zero-order chi connectivity index (χ0) is 23.8. The van der Waals surface area contributed by atoms with Crippen LogP contribution in [-0.2, 0) is 16.0 Å². The number of amides is 1. The molecule has 0 saturated heterocycles. The third-order valence-electron chi connectivity index (χ3n) is 4.85. The van der Waals surface area contributed by atoms with Gasteiger partial charge < -0.3 is 25.5 Å². The number of hydrogen-bond donors (Lipinski definition) is 3. The maximum Gasteiger partial charge on any atom is 0.407 e. The first-order chi connectivity index (χ1) is 15.7. The highest BCUT2D eigenvalue weighted by Crippen LogP contribution is 2.32. The van der Waals surface area contributed by atoms with Gasteiger partial charge in [0.15, 0.2) is 5.65 Å². The standard InChI is InChI=1S/C22H25N7O4/c1-22(2,3)33-21(31)24-7-8-29-19-16(18(23)25-11-26-19)17(28-29)15-9-12-5-6-13(20(30)32-4)10-14(12)27-15/h5-6,9-11,27H,7-8H2,1-4H3,(H,24,31)(H2,23,25,26). The Labute approximate surface area is 189 Å². The number of methoxy groups -OCH3 is 1. The summed E-state index contributed by atoms with van der Waals surface area (Å²) in [4.78, 5) is 35.5. The molecule has 0 fully saturated rings. The summed E-state index contributed by atoms with van der Waals surface area (Å²) in [6, 6.07) is 7.15. The molecule has 0 unspecified atom stereocenters. The number of aromatic amines is 1. The van der Waals surface area contributed by atoms with E-state index < -0.39 is 17.7 Å². The second kappa shape index (κ2) is 8.41. The molecule has 1 amide bonds. The summed E-state index contributed by atoms with van der Waals surface area (Å²) in [5.41, 5.74) is 8.56. The van der Waals surface area contributed by atoms with E-state index in [9.17, 15) is 9.59 Å². The number of carbonyl (C=O) groups is 2. The average molecular weight is 451 g/mol. The van der Waals surface area contributed by atoms with Gasteiger partial charge in [-0.3, -0.25) is 0 Å². The van der Waals surface area contributed by atoms with E-state index in [0.717, 1.165) is 10.9 Å². The smallest absolute Gasteiger partial charge is 0.407 e. The maximum absolute atomic E-state index is 11.9. The van der Waals surface area contributed by atoms with Crippen molar-refractivity contribution in [2.45, 2.75) is 32.9 Å². The molecule has 3 aromatic heterocycles. The van der Waals surface area contributed by atoms with Crippen LogP contribution in [0.4, 0.5) is 10.6 Å². The number of nitrogens with zero attached hydrogens (tertiary/aromatic N) is 4. The fourth-order valence-corrected chi connectivity index (χ4v) is 3.45. The highest BCUT2D eigenvalue weighted by molar-refractivity contribution is 6.01. The number of alkyl carbamates (subject to hydrolysis) is 1. The summed E-state index contributed by atoms with van der Waals surface area (Å²) in [7, 11) is 1.34. The molecule has 3 heterocycles. The monoisotopic (exact) mass is 451 g/mol. The van der Waals surface area contributed by atoms with Gasteiger partial charge in [-0.25, -0.2) is 24.2 Å². The largest absolute Gasteiger partial charge is 0.465 e. The Morgan fingerprint density at radius 2 is 2.00 bits per heavy atom. The number of aromatic nitrogens is 5. The molecule has 11 nitrogen and oxygen atoms in total. The van der Waals surface area contributed by atoms with E-state index in [-0.39, 0.29) is 12.4 Å². The Morgan fingerprint density at radius 3 is 2.73 bits per heavy atom. The SMILES string of the molecule is COC(=O)c1ccc2cc(-c3nn(CCNC(=O)OC(C)(C)C)c4ncnc(N)c34)[nH]c2c1. The van der Waals surface area contributed by atoms with Crippen molar-refractivity contribution in [1.29, 1.82) is 0 Å². The normalized spacial score (nSPS) is 11.6. The van der Waals surface area contributed by atoms with E-state index in [2.05, 4.69) is 25.4 Å². The first-order valence-electron chi connectivity index (χ1n) is 10.3. The predicted molar refractivity (Wildman–Crippen MR) is 123 cm³/mol. The molecule has 4 aromatic rings. The van der Waals surface area contributed by atoms with Crippen LogP contribution in [0.3, 0.4) is 0 Å². The van der Waals surface area contributed by atoms with Crippen LogP contribution in [0.1, 0.15) is 31.1 Å². The Balaban J connectivity index is 1.66. The number of ether oxygens (including phenoxy) is 2. The molecular weight excluding hydrogens is 426 g/mol. The molecule has 1 aromatic carbocycles. The molecule has 4 N–H and O–H groups in total. The van der Waals surface area contributed by atoms with Gasteiger partial charge in [-0.05, 0) is 39.0 Å². The number of benzene rings is 1. The molecule has 4 rings (SSSR count). The second-order valence-electron chi connectivity index (χ2n) is 8.43. The predicted octanol–water partition coefficient (Wildman–Crippen LogP) is 2.87. The minimum absolute atomic E-state index is 0.282. The number of anilines is 1. The van der Waals surface area contributed by atoms with Crippen molar-refractivity contribution in [2.75, 3.05) is 19.4 Å². The first kappa shape index (κ1) is 22.1. The molecule has 0 radical (unpaired) electrons. The molecular formula is C22H25N7O4. The first-order valence-corrected chi connectivity index (χ1v) is 10.3. The van der Waals surface area contributed by atoms with Gasteiger partial charge in [-0.15, -0.1) is 0 Å². The molecule has 0 atom stereocenters. The van der Waals surface area contributed by atoms with Crippen molar-refractivity contribution in [3.05, 3.63) is 36.2 Å². The van der Waals surface area contributed by atoms with Crippen LogP contribution in [0.2, 0.25) is 0 Å². The minimum Gasteiger partial charge on any atom is -0.465 e. The van der Waals surface area contributed by atoms with Gasteiger partial charge in [-0.2, -0.15) is 5.10 Å². The topological polar surface area (TPSA) is 150 Å². The fraction of sp³-hybridized carbons (Fsp3) is 0.318. The zero-order valence-electron chi connectivity index (χ0n) is 18.8. The van der Waals surface area contributed by atoms with Crippen LogP contribution in [0, 0.1) is 0 Å². The summed E-state index contributed by atoms with van der Waals surface area (Å²) >= 11 is 0. The van der Waals surface area contributed by atoms with Gasteiger partial charge in [0.1, 0.15) is 23.4 Å². The van der Waals surface area contributed by atoms with Crippen molar-refractivity contribution < 1.29 is 19.1 Å². The van der Waals surface area contributed by atoms with Gasteiger partial charge in [0.25, 0.3) is 0 Å². The van der Waals surface area contributed by atoms with E-state index in [1.807, 2.05) is 12.1 Å². The quantitative estimate of drug-likeness (QED) is 0.392. The Hall–Kier alpha value is -4.15. The van der Waals surface area contributed by atoms with E-state index in [1.165, 1.54) is 13.4 Å². The number of nitrogen functional groups attached to an aromatic ring is 1. The van der Waals surface area contributed by atoms with Crippen LogP contribution in [0.15, 0.2) is 30.6 Å². The van der Waals surface area contributed by atoms with E-state index >= 15 is 0 Å². The Morgan fingerprint density at radius 1 is 1.21 bits per heavy atom. The van der Waals surface area contributed by atoms with Crippen LogP contribution in [-0.4, -0.2) is 56.1 Å². The number of hydrogen-bond acceptors (Lipinski definition) is 8. The molecule has 0 aliphatic carbocycles.